The van der Waals surface area contributed by atoms with Crippen LogP contribution in [-0.4, -0.2) is 64.1 Å². The minimum Gasteiger partial charge on any atom is -0.494 e. The van der Waals surface area contributed by atoms with Crippen molar-refractivity contribution in [2.45, 2.75) is 38.8 Å². The lowest BCUT2D eigenvalue weighted by Crippen LogP contribution is -2.24. The van der Waals surface area contributed by atoms with Gasteiger partial charge in [-0.2, -0.15) is 0 Å². The highest BCUT2D eigenvalue weighted by Gasteiger charge is 2.11. The maximum Gasteiger partial charge on any atom is 0.227 e. The van der Waals surface area contributed by atoms with E-state index in [1.54, 1.807) is 18.2 Å². The number of carbonyl (C=O) groups is 2. The zero-order valence-corrected chi connectivity index (χ0v) is 29.5. The third kappa shape index (κ3) is 11.0. The number of unbranched alkanes of at least 4 members (excludes halogenated alkanes) is 1. The summed E-state index contributed by atoms with van der Waals surface area (Å²) in [7, 11) is 1.50. The van der Waals surface area contributed by atoms with Gasteiger partial charge in [-0.3, -0.25) is 15.0 Å². The van der Waals surface area contributed by atoms with Crippen LogP contribution >= 0.6 is 0 Å². The fraction of sp³-hybridized carbons (Fsp3) is 0.231. The van der Waals surface area contributed by atoms with E-state index in [0.29, 0.717) is 49.0 Å². The molecule has 2 amide bonds. The second kappa shape index (κ2) is 18.6. The number of rotatable bonds is 17. The van der Waals surface area contributed by atoms with Gasteiger partial charge in [0.25, 0.3) is 0 Å². The van der Waals surface area contributed by atoms with E-state index in [1.165, 1.54) is 13.3 Å². The van der Waals surface area contributed by atoms with Gasteiger partial charge in [-0.15, -0.1) is 0 Å². The molecule has 0 aliphatic carbocycles. The van der Waals surface area contributed by atoms with Gasteiger partial charge in [-0.25, -0.2) is 9.97 Å². The van der Waals surface area contributed by atoms with Crippen LogP contribution in [0.4, 0.5) is 0 Å². The van der Waals surface area contributed by atoms with Gasteiger partial charge >= 0.3 is 0 Å². The lowest BCUT2D eigenvalue weighted by Gasteiger charge is -2.10. The van der Waals surface area contributed by atoms with Crippen molar-refractivity contribution in [2.75, 3.05) is 20.3 Å². The molecule has 0 unspecified atom stereocenters. The topological polar surface area (TPSA) is 234 Å². The Morgan fingerprint density at radius 2 is 1.19 bits per heavy atom. The number of H-pyrrole nitrogens is 2. The van der Waals surface area contributed by atoms with E-state index in [4.69, 9.17) is 26.0 Å². The number of amides is 2. The van der Waals surface area contributed by atoms with Crippen molar-refractivity contribution in [3.63, 3.8) is 0 Å². The molecule has 2 heterocycles. The second-order valence-corrected chi connectivity index (χ2v) is 12.0. The van der Waals surface area contributed by atoms with Gasteiger partial charge in [0.2, 0.25) is 11.8 Å². The fourth-order valence-electron chi connectivity index (χ4n) is 5.39. The molecule has 0 aliphatic rings. The molecule has 274 valence electrons. The number of imidazole rings is 2. The second-order valence-electron chi connectivity index (χ2n) is 12.0. The van der Waals surface area contributed by atoms with Crippen LogP contribution in [0.25, 0.3) is 22.1 Å². The van der Waals surface area contributed by atoms with E-state index >= 15 is 0 Å². The molecule has 6 aromatic rings. The Morgan fingerprint density at radius 1 is 0.717 bits per heavy atom. The summed E-state index contributed by atoms with van der Waals surface area (Å²) in [4.78, 5) is 40.1. The van der Waals surface area contributed by atoms with Gasteiger partial charge < -0.3 is 47.0 Å². The van der Waals surface area contributed by atoms with Gasteiger partial charge in [0, 0.05) is 24.9 Å². The number of benzene rings is 4. The fourth-order valence-corrected chi connectivity index (χ4v) is 5.39. The predicted molar refractivity (Wildman–Crippen MR) is 205 cm³/mol. The number of hydrogen-bond donors (Lipinski definition) is 8. The molecule has 14 heteroatoms. The third-order valence-corrected chi connectivity index (χ3v) is 8.12. The number of fused-ring (bicyclic) bond motifs is 2. The SMILES string of the molecule is CN.N=Cc1ccc2nc(CC(=O)NCc3ccc(OCCCCOc4ccc(CNC(=O)Cc5nc6ccc(C(=N)N)cc6[nH]5)cc4)cc3)[nH]c2c1. The van der Waals surface area contributed by atoms with Crippen LogP contribution in [0.2, 0.25) is 0 Å². The monoisotopic (exact) mass is 716 g/mol. The Labute approximate surface area is 306 Å². The number of nitrogens with zero attached hydrogens (tertiary/aromatic N) is 2. The summed E-state index contributed by atoms with van der Waals surface area (Å²) < 4.78 is 11.7. The summed E-state index contributed by atoms with van der Waals surface area (Å²) in [5, 5.41) is 20.8. The summed E-state index contributed by atoms with van der Waals surface area (Å²) in [6.07, 6.45) is 3.19. The zero-order chi connectivity index (χ0) is 37.6. The molecule has 14 nitrogen and oxygen atoms in total. The largest absolute Gasteiger partial charge is 0.494 e. The lowest BCUT2D eigenvalue weighted by atomic mass is 10.2. The standard InChI is InChI=1S/C38H39N9O4.CH5N/c39-21-26-7-13-30-32(17-26)46-34(44-30)19-36(48)42-22-24-3-9-28(10-4-24)50-15-1-2-16-51-29-11-5-25(6-12-29)23-43-37(49)20-35-45-31-14-8-27(38(40)41)18-33(31)47-35;1-2/h3-14,17-18,21,39H,1-2,15-16,19-20,22-23H2,(H3,40,41)(H,42,48)(H,43,49)(H,44,46)(H,45,47);2H2,1H3. The Morgan fingerprint density at radius 3 is 1.66 bits per heavy atom. The molecule has 0 aliphatic heterocycles. The van der Waals surface area contributed by atoms with Crippen LogP contribution in [0.15, 0.2) is 84.9 Å². The summed E-state index contributed by atoms with van der Waals surface area (Å²) in [5.74, 6) is 2.35. The number of nitrogen functional groups attached to an aromatic ring is 1. The van der Waals surface area contributed by atoms with E-state index in [0.717, 1.165) is 57.6 Å². The molecule has 53 heavy (non-hydrogen) atoms. The average molecular weight is 717 g/mol. The highest BCUT2D eigenvalue weighted by Crippen LogP contribution is 2.17. The lowest BCUT2D eigenvalue weighted by molar-refractivity contribution is -0.121. The first-order valence-corrected chi connectivity index (χ1v) is 17.2. The smallest absolute Gasteiger partial charge is 0.227 e. The maximum absolute atomic E-state index is 12.5. The molecule has 0 fully saturated rings. The highest BCUT2D eigenvalue weighted by molar-refractivity contribution is 5.98. The molecule has 0 bridgehead atoms. The number of nitrogens with two attached hydrogens (primary N) is 2. The van der Waals surface area contributed by atoms with Crippen molar-refractivity contribution in [1.29, 1.82) is 10.8 Å². The molecule has 2 aromatic heterocycles. The molecule has 4 aromatic carbocycles. The molecule has 0 atom stereocenters. The van der Waals surface area contributed by atoms with Crippen LogP contribution in [0.3, 0.4) is 0 Å². The van der Waals surface area contributed by atoms with Crippen LogP contribution < -0.4 is 31.6 Å². The normalized spacial score (nSPS) is 10.7. The van der Waals surface area contributed by atoms with E-state index in [1.807, 2.05) is 66.7 Å². The van der Waals surface area contributed by atoms with E-state index in [-0.39, 0.29) is 30.5 Å². The zero-order valence-electron chi connectivity index (χ0n) is 29.5. The van der Waals surface area contributed by atoms with Crippen LogP contribution in [-0.2, 0) is 35.5 Å². The Hall–Kier alpha value is -6.54. The Kier molecular flexibility index (Phi) is 13.3. The van der Waals surface area contributed by atoms with Gasteiger partial charge in [-0.05, 0) is 91.2 Å². The minimum absolute atomic E-state index is 0.0220. The quantitative estimate of drug-likeness (QED) is 0.0385. The summed E-state index contributed by atoms with van der Waals surface area (Å²) in [6, 6.07) is 26.0. The highest BCUT2D eigenvalue weighted by atomic mass is 16.5. The first-order valence-electron chi connectivity index (χ1n) is 17.2. The van der Waals surface area contributed by atoms with Crippen molar-refractivity contribution in [3.05, 3.63) is 119 Å². The molecular weight excluding hydrogens is 672 g/mol. The first kappa shape index (κ1) is 37.7. The summed E-state index contributed by atoms with van der Waals surface area (Å²) in [6.45, 7) is 1.91. The van der Waals surface area contributed by atoms with Gasteiger partial charge in [0.1, 0.15) is 29.0 Å². The Balaban J connectivity index is 0.00000266. The van der Waals surface area contributed by atoms with E-state index in [2.05, 4.69) is 36.3 Å². The summed E-state index contributed by atoms with van der Waals surface area (Å²) in [5.41, 5.74) is 16.4. The maximum atomic E-state index is 12.5. The van der Waals surface area contributed by atoms with Gasteiger partial charge in [0.05, 0.1) is 48.1 Å². The first-order chi connectivity index (χ1) is 25.8. The molecular formula is C39H44N10O4. The number of amidine groups is 1. The number of aromatic amines is 2. The van der Waals surface area contributed by atoms with Crippen molar-refractivity contribution >= 4 is 45.9 Å². The number of aromatic nitrogens is 4. The van der Waals surface area contributed by atoms with E-state index in [9.17, 15) is 9.59 Å². The van der Waals surface area contributed by atoms with Crippen molar-refractivity contribution in [2.24, 2.45) is 11.5 Å². The molecule has 0 radical (unpaired) electrons. The predicted octanol–water partition coefficient (Wildman–Crippen LogP) is 4.25. The van der Waals surface area contributed by atoms with Crippen molar-refractivity contribution in [3.8, 4) is 11.5 Å². The molecule has 6 rings (SSSR count). The molecule has 0 spiro atoms. The molecule has 0 saturated carbocycles. The Bertz CT molecular complexity index is 2160. The number of nitrogens with one attached hydrogen (secondary N) is 6. The number of ether oxygens (including phenoxy) is 2. The third-order valence-electron chi connectivity index (χ3n) is 8.12. The molecule has 10 N–H and O–H groups in total. The van der Waals surface area contributed by atoms with Gasteiger partial charge in [-0.1, -0.05) is 30.3 Å². The van der Waals surface area contributed by atoms with E-state index < -0.39 is 0 Å². The van der Waals surface area contributed by atoms with Crippen LogP contribution in [0.1, 0.15) is 46.7 Å². The number of carbonyl (C=O) groups excluding carboxylic acids is 2. The van der Waals surface area contributed by atoms with Gasteiger partial charge in [0.15, 0.2) is 0 Å². The van der Waals surface area contributed by atoms with Crippen molar-refractivity contribution in [1.82, 2.24) is 30.6 Å². The molecule has 0 saturated heterocycles. The number of hydrogen-bond acceptors (Lipinski definition) is 9. The van der Waals surface area contributed by atoms with Crippen molar-refractivity contribution < 1.29 is 19.1 Å². The minimum atomic E-state index is -0.153. The average Bonchev–Trinajstić information content (AvgIpc) is 3.78. The van der Waals surface area contributed by atoms with Crippen LogP contribution in [0.5, 0.6) is 11.5 Å². The van der Waals surface area contributed by atoms with Crippen LogP contribution in [0, 0.1) is 10.8 Å². The summed E-state index contributed by atoms with van der Waals surface area (Å²) >= 11 is 0.